The highest BCUT2D eigenvalue weighted by molar-refractivity contribution is 7.19. The van der Waals surface area contributed by atoms with E-state index in [1.807, 2.05) is 25.1 Å². The maximum atomic E-state index is 12.8. The molecule has 12 heteroatoms. The van der Waals surface area contributed by atoms with Gasteiger partial charge in [0, 0.05) is 43.1 Å². The van der Waals surface area contributed by atoms with Crippen LogP contribution in [0, 0.1) is 13.8 Å². The molecule has 208 valence electrons. The summed E-state index contributed by atoms with van der Waals surface area (Å²) in [4.78, 5) is 32.6. The SMILES string of the molecule is Cc1cc(NC(=O)Nc2ccc(-c3cnc(NC(=O)c4ccc(OCCN5CCOCC5)cc4)s3)cc2C)no1. The Kier molecular flexibility index (Phi) is 8.69. The average Bonchev–Trinajstić information content (AvgIpc) is 3.59. The molecule has 3 heterocycles. The minimum Gasteiger partial charge on any atom is -0.492 e. The number of hydrogen-bond donors (Lipinski definition) is 3. The van der Waals surface area contributed by atoms with Crippen LogP contribution in [0.2, 0.25) is 0 Å². The smallest absolute Gasteiger partial charge is 0.324 e. The molecule has 40 heavy (non-hydrogen) atoms. The maximum Gasteiger partial charge on any atom is 0.324 e. The molecule has 0 bridgehead atoms. The number of nitrogens with zero attached hydrogens (tertiary/aromatic N) is 3. The van der Waals surface area contributed by atoms with E-state index in [4.69, 9.17) is 14.0 Å². The predicted octanol–water partition coefficient (Wildman–Crippen LogP) is 5.02. The van der Waals surface area contributed by atoms with Gasteiger partial charge in [-0.2, -0.15) is 0 Å². The Hall–Kier alpha value is -4.26. The lowest BCUT2D eigenvalue weighted by Gasteiger charge is -2.26. The quantitative estimate of drug-likeness (QED) is 0.259. The van der Waals surface area contributed by atoms with E-state index in [0.717, 1.165) is 54.6 Å². The van der Waals surface area contributed by atoms with Gasteiger partial charge in [-0.3, -0.25) is 20.3 Å². The minimum absolute atomic E-state index is 0.246. The predicted molar refractivity (Wildman–Crippen MR) is 153 cm³/mol. The Balaban J connectivity index is 1.12. The number of anilines is 3. The van der Waals surface area contributed by atoms with Gasteiger partial charge in [0.1, 0.15) is 18.1 Å². The minimum atomic E-state index is -0.417. The van der Waals surface area contributed by atoms with E-state index < -0.39 is 6.03 Å². The number of hydrogen-bond acceptors (Lipinski definition) is 9. The van der Waals surface area contributed by atoms with Gasteiger partial charge in [-0.05, 0) is 61.4 Å². The van der Waals surface area contributed by atoms with Crippen molar-refractivity contribution in [1.82, 2.24) is 15.0 Å². The van der Waals surface area contributed by atoms with E-state index in [2.05, 4.69) is 31.0 Å². The van der Waals surface area contributed by atoms with Crippen LogP contribution in [-0.2, 0) is 4.74 Å². The van der Waals surface area contributed by atoms with Gasteiger partial charge in [0.05, 0.1) is 18.1 Å². The molecule has 2 aromatic heterocycles. The molecule has 2 aromatic carbocycles. The molecule has 0 unspecified atom stereocenters. The number of carbonyl (C=O) groups excluding carboxylic acids is 2. The number of urea groups is 1. The summed E-state index contributed by atoms with van der Waals surface area (Å²) in [6, 6.07) is 14.0. The van der Waals surface area contributed by atoms with Crippen LogP contribution in [-0.4, -0.2) is 66.4 Å². The zero-order valence-electron chi connectivity index (χ0n) is 22.2. The third kappa shape index (κ3) is 7.23. The normalized spacial score (nSPS) is 13.6. The molecule has 0 aliphatic carbocycles. The van der Waals surface area contributed by atoms with Gasteiger partial charge in [0.25, 0.3) is 5.91 Å². The summed E-state index contributed by atoms with van der Waals surface area (Å²) in [5.41, 5.74) is 2.97. The fourth-order valence-corrected chi connectivity index (χ4v) is 4.91. The van der Waals surface area contributed by atoms with Gasteiger partial charge in [0.15, 0.2) is 10.9 Å². The van der Waals surface area contributed by atoms with Crippen LogP contribution < -0.4 is 20.7 Å². The average molecular weight is 563 g/mol. The van der Waals surface area contributed by atoms with Gasteiger partial charge in [-0.15, -0.1) is 0 Å². The number of nitrogens with one attached hydrogen (secondary N) is 3. The van der Waals surface area contributed by atoms with Crippen molar-refractivity contribution < 1.29 is 23.6 Å². The molecule has 4 aromatic rings. The molecule has 0 saturated carbocycles. The number of morpholine rings is 1. The molecule has 11 nitrogen and oxygen atoms in total. The van der Waals surface area contributed by atoms with Crippen LogP contribution >= 0.6 is 11.3 Å². The first-order valence-electron chi connectivity index (χ1n) is 12.9. The van der Waals surface area contributed by atoms with Crippen LogP contribution in [0.5, 0.6) is 5.75 Å². The first-order chi connectivity index (χ1) is 19.4. The molecule has 0 spiro atoms. The van der Waals surface area contributed by atoms with Crippen LogP contribution in [0.4, 0.5) is 21.4 Å². The highest BCUT2D eigenvalue weighted by atomic mass is 32.1. The van der Waals surface area contributed by atoms with E-state index in [-0.39, 0.29) is 5.91 Å². The van der Waals surface area contributed by atoms with E-state index in [1.54, 1.807) is 43.5 Å². The second-order valence-corrected chi connectivity index (χ2v) is 10.3. The van der Waals surface area contributed by atoms with Crippen molar-refractivity contribution in [3.63, 3.8) is 0 Å². The zero-order chi connectivity index (χ0) is 27.9. The first-order valence-corrected chi connectivity index (χ1v) is 13.7. The molecule has 5 rings (SSSR count). The van der Waals surface area contributed by atoms with Crippen molar-refractivity contribution in [3.8, 4) is 16.2 Å². The van der Waals surface area contributed by atoms with E-state index in [0.29, 0.717) is 34.6 Å². The summed E-state index contributed by atoms with van der Waals surface area (Å²) < 4.78 is 16.1. The Morgan fingerprint density at radius 2 is 1.82 bits per heavy atom. The summed E-state index contributed by atoms with van der Waals surface area (Å²) in [5, 5.41) is 12.5. The number of carbonyl (C=O) groups is 2. The summed E-state index contributed by atoms with van der Waals surface area (Å²) >= 11 is 1.37. The summed E-state index contributed by atoms with van der Waals surface area (Å²) in [6.45, 7) is 8.45. The maximum absolute atomic E-state index is 12.8. The van der Waals surface area contributed by atoms with Gasteiger partial charge < -0.3 is 19.3 Å². The fraction of sp³-hybridized carbons (Fsp3) is 0.286. The molecule has 0 radical (unpaired) electrons. The van der Waals surface area contributed by atoms with Crippen molar-refractivity contribution in [2.45, 2.75) is 13.8 Å². The number of aryl methyl sites for hydroxylation is 2. The van der Waals surface area contributed by atoms with Crippen molar-refractivity contribution in [1.29, 1.82) is 0 Å². The van der Waals surface area contributed by atoms with E-state index >= 15 is 0 Å². The molecular formula is C28H30N6O5S. The summed E-state index contributed by atoms with van der Waals surface area (Å²) in [5.74, 6) is 1.42. The first kappa shape index (κ1) is 27.3. The fourth-order valence-electron chi connectivity index (χ4n) is 4.11. The molecule has 1 aliphatic heterocycles. The molecule has 0 atom stereocenters. The molecule has 1 aliphatic rings. The Morgan fingerprint density at radius 3 is 2.55 bits per heavy atom. The number of ether oxygens (including phenoxy) is 2. The van der Waals surface area contributed by atoms with Gasteiger partial charge in [-0.25, -0.2) is 9.78 Å². The molecule has 3 N–H and O–H groups in total. The van der Waals surface area contributed by atoms with E-state index in [9.17, 15) is 9.59 Å². The number of aromatic nitrogens is 2. The lowest BCUT2D eigenvalue weighted by atomic mass is 10.1. The second kappa shape index (κ2) is 12.7. The van der Waals surface area contributed by atoms with Crippen molar-refractivity contribution in [2.75, 3.05) is 55.4 Å². The summed E-state index contributed by atoms with van der Waals surface area (Å²) in [6.07, 6.45) is 1.72. The lowest BCUT2D eigenvalue weighted by Crippen LogP contribution is -2.38. The van der Waals surface area contributed by atoms with E-state index in [1.165, 1.54) is 11.3 Å². The number of rotatable bonds is 9. The van der Waals surface area contributed by atoms with Crippen LogP contribution in [0.15, 0.2) is 59.3 Å². The Bertz CT molecular complexity index is 1460. The van der Waals surface area contributed by atoms with Crippen LogP contribution in [0.3, 0.4) is 0 Å². The van der Waals surface area contributed by atoms with Gasteiger partial charge >= 0.3 is 6.03 Å². The standard InChI is InChI=1S/C28H30N6O5S/c1-18-15-21(5-8-23(18)30-27(36)31-25-16-19(2)39-33-25)24-17-29-28(40-24)32-26(35)20-3-6-22(7-4-20)38-14-11-34-9-12-37-13-10-34/h3-8,15-17H,9-14H2,1-2H3,(H,29,32,35)(H2,30,31,33,36). The highest BCUT2D eigenvalue weighted by Gasteiger charge is 2.13. The van der Waals surface area contributed by atoms with Crippen LogP contribution in [0.25, 0.3) is 10.4 Å². The Labute approximate surface area is 235 Å². The third-order valence-electron chi connectivity index (χ3n) is 6.25. The van der Waals surface area contributed by atoms with Crippen LogP contribution in [0.1, 0.15) is 21.7 Å². The number of amides is 3. The van der Waals surface area contributed by atoms with Crippen molar-refractivity contribution >= 4 is 39.9 Å². The highest BCUT2D eigenvalue weighted by Crippen LogP contribution is 2.31. The van der Waals surface area contributed by atoms with Crippen molar-refractivity contribution in [3.05, 3.63) is 71.6 Å². The zero-order valence-corrected chi connectivity index (χ0v) is 23.0. The molecular weight excluding hydrogens is 532 g/mol. The molecule has 1 saturated heterocycles. The number of benzene rings is 2. The Morgan fingerprint density at radius 1 is 1.02 bits per heavy atom. The largest absolute Gasteiger partial charge is 0.492 e. The van der Waals surface area contributed by atoms with Crippen molar-refractivity contribution in [2.24, 2.45) is 0 Å². The van der Waals surface area contributed by atoms with Gasteiger partial charge in [0.2, 0.25) is 0 Å². The molecule has 1 fully saturated rings. The third-order valence-corrected chi connectivity index (χ3v) is 7.21. The number of thiazole rings is 1. The van der Waals surface area contributed by atoms with Gasteiger partial charge in [-0.1, -0.05) is 22.6 Å². The topological polar surface area (TPSA) is 131 Å². The monoisotopic (exact) mass is 562 g/mol. The summed E-state index contributed by atoms with van der Waals surface area (Å²) in [7, 11) is 0. The lowest BCUT2D eigenvalue weighted by molar-refractivity contribution is 0.0322. The second-order valence-electron chi connectivity index (χ2n) is 9.24. The molecule has 3 amide bonds.